The standard InChI is InChI=1S/C15H28N2O5/c1-6-11(8-21-5)16-15(7-12(18)19)9-17(10-15)13(20)22-14(2,3)4/h11,16H,6-10H2,1-5H3,(H,18,19). The molecule has 1 rings (SSSR count). The van der Waals surface area contributed by atoms with Crippen LogP contribution in [-0.2, 0) is 14.3 Å². The number of hydrogen-bond acceptors (Lipinski definition) is 5. The van der Waals surface area contributed by atoms with E-state index in [1.54, 1.807) is 27.9 Å². The molecule has 7 nitrogen and oxygen atoms in total. The quantitative estimate of drug-likeness (QED) is 0.739. The molecule has 0 aromatic rings. The maximum Gasteiger partial charge on any atom is 0.410 e. The summed E-state index contributed by atoms with van der Waals surface area (Å²) in [6.45, 7) is 8.58. The molecule has 128 valence electrons. The first-order valence-electron chi connectivity index (χ1n) is 7.57. The Bertz CT molecular complexity index is 399. The van der Waals surface area contributed by atoms with E-state index in [2.05, 4.69) is 5.32 Å². The fourth-order valence-electron chi connectivity index (χ4n) is 2.58. The summed E-state index contributed by atoms with van der Waals surface area (Å²) in [4.78, 5) is 24.7. The molecule has 1 aliphatic heterocycles. The lowest BCUT2D eigenvalue weighted by Crippen LogP contribution is -2.73. The zero-order valence-electron chi connectivity index (χ0n) is 14.1. The second-order valence-corrected chi connectivity index (χ2v) is 6.89. The summed E-state index contributed by atoms with van der Waals surface area (Å²) in [6, 6.07) is 0.0603. The fourth-order valence-corrected chi connectivity index (χ4v) is 2.58. The van der Waals surface area contributed by atoms with Crippen molar-refractivity contribution in [3.8, 4) is 0 Å². The highest BCUT2D eigenvalue weighted by Gasteiger charge is 2.48. The summed E-state index contributed by atoms with van der Waals surface area (Å²) < 4.78 is 10.4. The van der Waals surface area contributed by atoms with Gasteiger partial charge in [0.25, 0.3) is 0 Å². The Morgan fingerprint density at radius 2 is 1.95 bits per heavy atom. The van der Waals surface area contributed by atoms with Crippen LogP contribution in [0.3, 0.4) is 0 Å². The van der Waals surface area contributed by atoms with Crippen molar-refractivity contribution in [2.24, 2.45) is 0 Å². The summed E-state index contributed by atoms with van der Waals surface area (Å²) in [6.07, 6.45) is 0.379. The zero-order valence-corrected chi connectivity index (χ0v) is 14.1. The van der Waals surface area contributed by atoms with Crippen LogP contribution in [0.25, 0.3) is 0 Å². The first-order chi connectivity index (χ1) is 10.1. The average Bonchev–Trinajstić information content (AvgIpc) is 2.31. The maximum absolute atomic E-state index is 12.0. The fraction of sp³-hybridized carbons (Fsp3) is 0.867. The van der Waals surface area contributed by atoms with Crippen molar-refractivity contribution in [1.29, 1.82) is 0 Å². The van der Waals surface area contributed by atoms with E-state index in [9.17, 15) is 9.59 Å². The summed E-state index contributed by atoms with van der Waals surface area (Å²) >= 11 is 0. The van der Waals surface area contributed by atoms with Crippen molar-refractivity contribution in [1.82, 2.24) is 10.2 Å². The van der Waals surface area contributed by atoms with Gasteiger partial charge in [0.1, 0.15) is 5.60 Å². The number of amides is 1. The third-order valence-electron chi connectivity index (χ3n) is 3.50. The van der Waals surface area contributed by atoms with Crippen molar-refractivity contribution >= 4 is 12.1 Å². The van der Waals surface area contributed by atoms with E-state index >= 15 is 0 Å². The van der Waals surface area contributed by atoms with Crippen LogP contribution in [0, 0.1) is 0 Å². The van der Waals surface area contributed by atoms with Crippen molar-refractivity contribution in [2.45, 2.75) is 57.7 Å². The van der Waals surface area contributed by atoms with Gasteiger partial charge in [0.2, 0.25) is 0 Å². The van der Waals surface area contributed by atoms with Crippen LogP contribution in [0.5, 0.6) is 0 Å². The van der Waals surface area contributed by atoms with Gasteiger partial charge in [-0.25, -0.2) is 4.79 Å². The Hall–Kier alpha value is -1.34. The summed E-state index contributed by atoms with van der Waals surface area (Å²) in [5.41, 5.74) is -1.17. The van der Waals surface area contributed by atoms with E-state index in [4.69, 9.17) is 14.6 Å². The monoisotopic (exact) mass is 316 g/mol. The molecule has 0 aromatic heterocycles. The molecule has 0 spiro atoms. The second kappa shape index (κ2) is 7.28. The largest absolute Gasteiger partial charge is 0.481 e. The molecule has 7 heteroatoms. The molecule has 0 bridgehead atoms. The lowest BCUT2D eigenvalue weighted by molar-refractivity contribution is -0.141. The molecule has 1 amide bonds. The first-order valence-corrected chi connectivity index (χ1v) is 7.57. The van der Waals surface area contributed by atoms with Gasteiger partial charge in [-0.15, -0.1) is 0 Å². The average molecular weight is 316 g/mol. The second-order valence-electron chi connectivity index (χ2n) is 6.89. The van der Waals surface area contributed by atoms with E-state index in [0.29, 0.717) is 19.7 Å². The van der Waals surface area contributed by atoms with E-state index in [-0.39, 0.29) is 12.5 Å². The smallest absolute Gasteiger partial charge is 0.410 e. The van der Waals surface area contributed by atoms with Gasteiger partial charge in [0, 0.05) is 26.2 Å². The van der Waals surface area contributed by atoms with Crippen molar-refractivity contribution in [3.05, 3.63) is 0 Å². The van der Waals surface area contributed by atoms with Crippen LogP contribution in [0.4, 0.5) is 4.79 Å². The maximum atomic E-state index is 12.0. The van der Waals surface area contributed by atoms with E-state index < -0.39 is 23.2 Å². The number of carboxylic acids is 1. The van der Waals surface area contributed by atoms with Gasteiger partial charge in [-0.1, -0.05) is 6.92 Å². The predicted molar refractivity (Wildman–Crippen MR) is 81.9 cm³/mol. The molecular formula is C15H28N2O5. The van der Waals surface area contributed by atoms with Crippen LogP contribution in [0.1, 0.15) is 40.5 Å². The van der Waals surface area contributed by atoms with Crippen molar-refractivity contribution < 1.29 is 24.2 Å². The van der Waals surface area contributed by atoms with Gasteiger partial charge in [-0.05, 0) is 27.2 Å². The Balaban J connectivity index is 2.66. The SMILES string of the molecule is CCC(COC)NC1(CC(=O)O)CN(C(=O)OC(C)(C)C)C1. The minimum absolute atomic E-state index is 0.0352. The number of aliphatic carboxylic acids is 1. The third-order valence-corrected chi connectivity index (χ3v) is 3.50. The minimum atomic E-state index is -0.886. The zero-order chi connectivity index (χ0) is 17.0. The van der Waals surface area contributed by atoms with Gasteiger partial charge < -0.3 is 24.8 Å². The molecule has 1 aliphatic rings. The number of methoxy groups -OCH3 is 1. The molecule has 2 N–H and O–H groups in total. The molecule has 1 heterocycles. The third kappa shape index (κ3) is 5.46. The van der Waals surface area contributed by atoms with Crippen molar-refractivity contribution in [2.75, 3.05) is 26.8 Å². The molecule has 1 atom stereocenters. The topological polar surface area (TPSA) is 88.1 Å². The van der Waals surface area contributed by atoms with Crippen molar-refractivity contribution in [3.63, 3.8) is 0 Å². The molecule has 22 heavy (non-hydrogen) atoms. The number of ether oxygens (including phenoxy) is 2. The minimum Gasteiger partial charge on any atom is -0.481 e. The molecule has 0 saturated carbocycles. The number of likely N-dealkylation sites (tertiary alicyclic amines) is 1. The molecular weight excluding hydrogens is 288 g/mol. The Morgan fingerprint density at radius 3 is 2.36 bits per heavy atom. The Morgan fingerprint density at radius 1 is 1.36 bits per heavy atom. The highest BCUT2D eigenvalue weighted by Crippen LogP contribution is 2.27. The summed E-state index contributed by atoms with van der Waals surface area (Å²) in [7, 11) is 1.61. The first kappa shape index (κ1) is 18.7. The van der Waals surface area contributed by atoms with E-state index in [0.717, 1.165) is 6.42 Å². The molecule has 0 aromatic carbocycles. The van der Waals surface area contributed by atoms with Gasteiger partial charge in [0.05, 0.1) is 18.6 Å². The van der Waals surface area contributed by atoms with E-state index in [1.807, 2.05) is 6.92 Å². The number of nitrogens with zero attached hydrogens (tertiary/aromatic N) is 1. The highest BCUT2D eigenvalue weighted by molar-refractivity contribution is 5.73. The van der Waals surface area contributed by atoms with Crippen LogP contribution < -0.4 is 5.32 Å². The normalized spacial score (nSPS) is 18.5. The number of hydrogen-bond donors (Lipinski definition) is 2. The number of nitrogens with one attached hydrogen (secondary N) is 1. The number of carbonyl (C=O) groups excluding carboxylic acids is 1. The van der Waals surface area contributed by atoms with E-state index in [1.165, 1.54) is 4.90 Å². The molecule has 1 unspecified atom stereocenters. The van der Waals surface area contributed by atoms with Gasteiger partial charge in [0.15, 0.2) is 0 Å². The van der Waals surface area contributed by atoms with Crippen LogP contribution >= 0.6 is 0 Å². The lowest BCUT2D eigenvalue weighted by atomic mass is 9.85. The van der Waals surface area contributed by atoms with Crippen LogP contribution in [0.2, 0.25) is 0 Å². The molecule has 0 radical (unpaired) electrons. The Labute approximate surface area is 131 Å². The highest BCUT2D eigenvalue weighted by atomic mass is 16.6. The summed E-state index contributed by atoms with van der Waals surface area (Å²) in [5, 5.41) is 12.5. The molecule has 1 fully saturated rings. The van der Waals surface area contributed by atoms with Crippen LogP contribution in [0.15, 0.2) is 0 Å². The number of carboxylic acid groups (broad SMARTS) is 1. The lowest BCUT2D eigenvalue weighted by Gasteiger charge is -2.51. The molecule has 0 aliphatic carbocycles. The van der Waals surface area contributed by atoms with Gasteiger partial charge >= 0.3 is 12.1 Å². The Kier molecular flexibility index (Phi) is 6.19. The molecule has 1 saturated heterocycles. The van der Waals surface area contributed by atoms with Gasteiger partial charge in [-0.3, -0.25) is 4.79 Å². The van der Waals surface area contributed by atoms with Gasteiger partial charge in [-0.2, -0.15) is 0 Å². The summed E-state index contributed by atoms with van der Waals surface area (Å²) in [5.74, 6) is -0.886. The number of carbonyl (C=O) groups is 2. The van der Waals surface area contributed by atoms with Crippen LogP contribution in [-0.4, -0.2) is 66.1 Å². The number of rotatable bonds is 7. The predicted octanol–water partition coefficient (Wildman–Crippen LogP) is 1.47.